The number of nitrogens with two attached hydrogens (primary N) is 1. The smallest absolute Gasteiger partial charge is 0.481 e. The average Bonchev–Trinajstić information content (AvgIpc) is 1.98. The van der Waals surface area contributed by atoms with Crippen LogP contribution in [0.2, 0.25) is 0 Å². The summed E-state index contributed by atoms with van der Waals surface area (Å²) in [5.41, 5.74) is 5.11. The number of esters is 1. The van der Waals surface area contributed by atoms with Gasteiger partial charge in [0.2, 0.25) is 0 Å². The fourth-order valence-electron chi connectivity index (χ4n) is 0.559. The van der Waals surface area contributed by atoms with Gasteiger partial charge < -0.3 is 20.7 Å². The van der Waals surface area contributed by atoms with Crippen LogP contribution in [0.15, 0.2) is 0 Å². The molecular formula is C6H9NO6. The van der Waals surface area contributed by atoms with Crippen LogP contribution in [0.25, 0.3) is 0 Å². The van der Waals surface area contributed by atoms with Gasteiger partial charge in [-0.1, -0.05) is 0 Å². The monoisotopic (exact) mass is 191 g/mol. The molecule has 0 fully saturated rings. The molecule has 0 radical (unpaired) electrons. The first kappa shape index (κ1) is 11.4. The van der Waals surface area contributed by atoms with Gasteiger partial charge in [0.1, 0.15) is 6.04 Å². The number of carbonyl (C=O) groups is 3. The van der Waals surface area contributed by atoms with Gasteiger partial charge >= 0.3 is 18.1 Å². The fraction of sp³-hybridized carbons (Fsp3) is 0.500. The van der Waals surface area contributed by atoms with Gasteiger partial charge in [-0.25, -0.2) is 9.59 Å². The maximum absolute atomic E-state index is 10.6. The van der Waals surface area contributed by atoms with E-state index in [-0.39, 0.29) is 12.8 Å². The second kappa shape index (κ2) is 5.09. The lowest BCUT2D eigenvalue weighted by molar-refractivity contribution is -0.141. The van der Waals surface area contributed by atoms with Gasteiger partial charge in [0.25, 0.3) is 0 Å². The van der Waals surface area contributed by atoms with Crippen molar-refractivity contribution in [1.29, 1.82) is 0 Å². The van der Waals surface area contributed by atoms with Crippen molar-refractivity contribution in [3.63, 3.8) is 0 Å². The topological polar surface area (TPSA) is 127 Å². The van der Waals surface area contributed by atoms with Gasteiger partial charge in [0, 0.05) is 6.42 Å². The van der Waals surface area contributed by atoms with Gasteiger partial charge in [-0.15, -0.1) is 0 Å². The number of ether oxygens (including phenoxy) is 1. The number of carboxylic acid groups (broad SMARTS) is 2. The molecule has 0 aliphatic heterocycles. The molecule has 0 amide bonds. The summed E-state index contributed by atoms with van der Waals surface area (Å²) in [5.74, 6) is -2.26. The SMILES string of the molecule is NC(CCC(=O)O)C(=O)OC(=O)O. The van der Waals surface area contributed by atoms with Crippen molar-refractivity contribution in [3.8, 4) is 0 Å². The summed E-state index contributed by atoms with van der Waals surface area (Å²) < 4.78 is 3.70. The summed E-state index contributed by atoms with van der Waals surface area (Å²) >= 11 is 0. The largest absolute Gasteiger partial charge is 0.513 e. The molecule has 7 nitrogen and oxygen atoms in total. The van der Waals surface area contributed by atoms with E-state index in [9.17, 15) is 14.4 Å². The van der Waals surface area contributed by atoms with Gasteiger partial charge in [-0.2, -0.15) is 0 Å². The maximum Gasteiger partial charge on any atom is 0.513 e. The maximum atomic E-state index is 10.6. The van der Waals surface area contributed by atoms with Crippen molar-refractivity contribution >= 4 is 18.1 Å². The van der Waals surface area contributed by atoms with Crippen molar-refractivity contribution in [2.45, 2.75) is 18.9 Å². The standard InChI is InChI=1S/C6H9NO6/c7-3(1-2-4(8)9)5(10)13-6(11)12/h3H,1-2,7H2,(H,8,9)(H,11,12). The van der Waals surface area contributed by atoms with Crippen LogP contribution >= 0.6 is 0 Å². The molecule has 7 heteroatoms. The van der Waals surface area contributed by atoms with E-state index >= 15 is 0 Å². The number of hydrogen-bond donors (Lipinski definition) is 3. The van der Waals surface area contributed by atoms with Crippen LogP contribution in [-0.4, -0.2) is 34.3 Å². The molecule has 4 N–H and O–H groups in total. The summed E-state index contributed by atoms with van der Waals surface area (Å²) in [5, 5.41) is 16.2. The molecule has 0 aromatic carbocycles. The van der Waals surface area contributed by atoms with Crippen LogP contribution in [0.4, 0.5) is 4.79 Å². The van der Waals surface area contributed by atoms with Crippen LogP contribution in [0, 0.1) is 0 Å². The predicted octanol–water partition coefficient (Wildman–Crippen LogP) is -0.600. The first-order valence-electron chi connectivity index (χ1n) is 3.35. The molecule has 0 spiro atoms. The highest BCUT2D eigenvalue weighted by Gasteiger charge is 2.18. The Hall–Kier alpha value is -1.63. The third-order valence-corrected chi connectivity index (χ3v) is 1.16. The minimum atomic E-state index is -1.75. The Morgan fingerprint density at radius 1 is 1.31 bits per heavy atom. The highest BCUT2D eigenvalue weighted by Crippen LogP contribution is 1.97. The minimum Gasteiger partial charge on any atom is -0.481 e. The number of hydrogen-bond acceptors (Lipinski definition) is 5. The Labute approximate surface area is 73.1 Å². The molecule has 74 valence electrons. The number of carbonyl (C=O) groups excluding carboxylic acids is 1. The van der Waals surface area contributed by atoms with Crippen LogP contribution < -0.4 is 5.73 Å². The van der Waals surface area contributed by atoms with E-state index in [2.05, 4.69) is 4.74 Å². The van der Waals surface area contributed by atoms with Crippen molar-refractivity contribution in [1.82, 2.24) is 0 Å². The molecule has 0 aromatic heterocycles. The molecule has 1 atom stereocenters. The molecule has 0 aliphatic carbocycles. The molecular weight excluding hydrogens is 182 g/mol. The summed E-state index contributed by atoms with van der Waals surface area (Å²) in [7, 11) is 0. The van der Waals surface area contributed by atoms with Crippen LogP contribution in [-0.2, 0) is 14.3 Å². The van der Waals surface area contributed by atoms with Crippen molar-refractivity contribution in [3.05, 3.63) is 0 Å². The molecule has 0 rings (SSSR count). The molecule has 0 heterocycles. The summed E-state index contributed by atoms with van der Waals surface area (Å²) in [6.07, 6.45) is -2.21. The summed E-state index contributed by atoms with van der Waals surface area (Å²) in [6.45, 7) is 0. The summed E-state index contributed by atoms with van der Waals surface area (Å²) in [4.78, 5) is 30.5. The van der Waals surface area contributed by atoms with Crippen LogP contribution in [0.5, 0.6) is 0 Å². The molecule has 0 bridgehead atoms. The molecule has 1 unspecified atom stereocenters. The molecule has 0 saturated carbocycles. The Morgan fingerprint density at radius 2 is 1.85 bits per heavy atom. The zero-order chi connectivity index (χ0) is 10.4. The normalized spacial score (nSPS) is 11.8. The van der Waals surface area contributed by atoms with Crippen LogP contribution in [0.1, 0.15) is 12.8 Å². The first-order chi connectivity index (χ1) is 5.93. The zero-order valence-electron chi connectivity index (χ0n) is 6.60. The molecule has 13 heavy (non-hydrogen) atoms. The lowest BCUT2D eigenvalue weighted by Crippen LogP contribution is -2.33. The summed E-state index contributed by atoms with van der Waals surface area (Å²) in [6, 6.07) is -1.22. The Balaban J connectivity index is 3.82. The lowest BCUT2D eigenvalue weighted by atomic mass is 10.2. The van der Waals surface area contributed by atoms with E-state index in [0.29, 0.717) is 0 Å². The van der Waals surface area contributed by atoms with Gasteiger partial charge in [-0.05, 0) is 6.42 Å². The first-order valence-corrected chi connectivity index (χ1v) is 3.35. The number of carboxylic acids is 1. The van der Waals surface area contributed by atoms with Crippen molar-refractivity contribution in [2.75, 3.05) is 0 Å². The highest BCUT2D eigenvalue weighted by atomic mass is 16.7. The number of aliphatic carboxylic acids is 1. The van der Waals surface area contributed by atoms with Crippen molar-refractivity contribution < 1.29 is 29.3 Å². The van der Waals surface area contributed by atoms with E-state index in [4.69, 9.17) is 15.9 Å². The minimum absolute atomic E-state index is 0.151. The molecule has 0 aromatic rings. The van der Waals surface area contributed by atoms with Crippen molar-refractivity contribution in [2.24, 2.45) is 5.73 Å². The zero-order valence-corrected chi connectivity index (χ0v) is 6.60. The average molecular weight is 191 g/mol. The van der Waals surface area contributed by atoms with Crippen LogP contribution in [0.3, 0.4) is 0 Å². The number of rotatable bonds is 4. The Kier molecular flexibility index (Phi) is 4.45. The molecule has 0 aliphatic rings. The third kappa shape index (κ3) is 5.62. The van der Waals surface area contributed by atoms with Gasteiger partial charge in [0.05, 0.1) is 0 Å². The second-order valence-electron chi connectivity index (χ2n) is 2.23. The fourth-order valence-corrected chi connectivity index (χ4v) is 0.559. The van der Waals surface area contributed by atoms with Gasteiger partial charge in [0.15, 0.2) is 0 Å². The third-order valence-electron chi connectivity index (χ3n) is 1.16. The Bertz CT molecular complexity index is 225. The van der Waals surface area contributed by atoms with E-state index in [1.54, 1.807) is 0 Å². The quantitative estimate of drug-likeness (QED) is 0.399. The second-order valence-corrected chi connectivity index (χ2v) is 2.23. The lowest BCUT2D eigenvalue weighted by Gasteiger charge is -2.05. The van der Waals surface area contributed by atoms with E-state index in [1.807, 2.05) is 0 Å². The van der Waals surface area contributed by atoms with Gasteiger partial charge in [-0.3, -0.25) is 4.79 Å². The van der Waals surface area contributed by atoms with E-state index in [0.717, 1.165) is 0 Å². The van der Waals surface area contributed by atoms with E-state index in [1.165, 1.54) is 0 Å². The van der Waals surface area contributed by atoms with E-state index < -0.39 is 24.1 Å². The molecule has 0 saturated heterocycles. The highest BCUT2D eigenvalue weighted by molar-refractivity contribution is 5.85. The predicted molar refractivity (Wildman–Crippen MR) is 39.0 cm³/mol. The Morgan fingerprint density at radius 3 is 2.23 bits per heavy atom.